The number of nitriles is 1. The lowest BCUT2D eigenvalue weighted by Crippen LogP contribution is -2.32. The van der Waals surface area contributed by atoms with Crippen molar-refractivity contribution in [2.75, 3.05) is 22.9 Å². The topological polar surface area (TPSA) is 140 Å². The molecule has 35 heavy (non-hydrogen) atoms. The quantitative estimate of drug-likeness (QED) is 0.442. The Kier molecular flexibility index (Phi) is 6.00. The third-order valence-corrected chi connectivity index (χ3v) is 5.25. The number of rotatable bonds is 5. The minimum atomic E-state index is -0.960. The normalized spacial score (nSPS) is 11.0. The van der Waals surface area contributed by atoms with Gasteiger partial charge in [-0.1, -0.05) is 13.0 Å². The number of hydrogen-bond acceptors (Lipinski definition) is 8. The largest absolute Gasteiger partial charge is 0.382 e. The monoisotopic (exact) mass is 480 g/mol. The van der Waals surface area contributed by atoms with E-state index in [1.807, 2.05) is 13.0 Å². The SMILES string of the molecule is CCCN(c1nc(N)nc(N)c1C#N)c1nc2c(C)ccc(F)c2c(=O)n1-c1cc(F)cc(F)c1. The molecule has 4 aromatic rings. The van der Waals surface area contributed by atoms with Gasteiger partial charge in [-0.05, 0) is 37.1 Å². The number of aromatic nitrogens is 4. The van der Waals surface area contributed by atoms with Crippen LogP contribution >= 0.6 is 0 Å². The average Bonchev–Trinajstić information content (AvgIpc) is 2.78. The van der Waals surface area contributed by atoms with Gasteiger partial charge in [0.2, 0.25) is 11.9 Å². The molecule has 0 saturated carbocycles. The zero-order valence-electron chi connectivity index (χ0n) is 18.7. The van der Waals surface area contributed by atoms with Crippen LogP contribution in [0.15, 0.2) is 35.1 Å². The molecule has 4 rings (SSSR count). The second-order valence-corrected chi connectivity index (χ2v) is 7.70. The van der Waals surface area contributed by atoms with Crippen LogP contribution in [0.4, 0.5) is 36.7 Å². The number of nitrogen functional groups attached to an aromatic ring is 2. The van der Waals surface area contributed by atoms with E-state index in [0.29, 0.717) is 18.1 Å². The Bertz CT molecular complexity index is 1560. The second kappa shape index (κ2) is 8.94. The lowest BCUT2D eigenvalue weighted by Gasteiger charge is -2.27. The van der Waals surface area contributed by atoms with Gasteiger partial charge >= 0.3 is 0 Å². The molecule has 0 aliphatic rings. The summed E-state index contributed by atoms with van der Waals surface area (Å²) in [6.07, 6.45) is 0.461. The summed E-state index contributed by atoms with van der Waals surface area (Å²) in [4.78, 5) is 27.4. The number of aryl methyl sites for hydroxylation is 1. The first kappa shape index (κ1) is 23.5. The second-order valence-electron chi connectivity index (χ2n) is 7.70. The Morgan fingerprint density at radius 1 is 1.09 bits per heavy atom. The highest BCUT2D eigenvalue weighted by atomic mass is 19.1. The lowest BCUT2D eigenvalue weighted by atomic mass is 10.1. The van der Waals surface area contributed by atoms with Gasteiger partial charge in [-0.25, -0.2) is 22.7 Å². The Labute approximate surface area is 197 Å². The van der Waals surface area contributed by atoms with Crippen molar-refractivity contribution in [2.45, 2.75) is 20.3 Å². The number of fused-ring (bicyclic) bond motifs is 1. The maximum Gasteiger partial charge on any atom is 0.270 e. The summed E-state index contributed by atoms with van der Waals surface area (Å²) in [6, 6.07) is 6.92. The molecule has 0 amide bonds. The third-order valence-electron chi connectivity index (χ3n) is 5.25. The van der Waals surface area contributed by atoms with E-state index >= 15 is 0 Å². The molecule has 0 radical (unpaired) electrons. The maximum absolute atomic E-state index is 14.8. The molecule has 2 aromatic carbocycles. The summed E-state index contributed by atoms with van der Waals surface area (Å²) in [6.45, 7) is 3.58. The summed E-state index contributed by atoms with van der Waals surface area (Å²) in [7, 11) is 0. The molecule has 0 spiro atoms. The van der Waals surface area contributed by atoms with E-state index < -0.39 is 23.0 Å². The molecule has 2 heterocycles. The van der Waals surface area contributed by atoms with E-state index in [4.69, 9.17) is 11.5 Å². The van der Waals surface area contributed by atoms with Crippen LogP contribution in [0.5, 0.6) is 0 Å². The molecular weight excluding hydrogens is 461 g/mol. The smallest absolute Gasteiger partial charge is 0.270 e. The molecule has 2 aromatic heterocycles. The molecule has 4 N–H and O–H groups in total. The molecule has 0 fully saturated rings. The fourth-order valence-electron chi connectivity index (χ4n) is 3.76. The van der Waals surface area contributed by atoms with Gasteiger partial charge in [-0.3, -0.25) is 9.69 Å². The molecule has 0 aliphatic carbocycles. The summed E-state index contributed by atoms with van der Waals surface area (Å²) in [5.74, 6) is -3.45. The van der Waals surface area contributed by atoms with Crippen LogP contribution in [0.2, 0.25) is 0 Å². The van der Waals surface area contributed by atoms with E-state index in [-0.39, 0.29) is 52.2 Å². The van der Waals surface area contributed by atoms with Gasteiger partial charge in [0, 0.05) is 12.6 Å². The fourth-order valence-corrected chi connectivity index (χ4v) is 3.76. The van der Waals surface area contributed by atoms with E-state index in [2.05, 4.69) is 15.0 Å². The Hall–Kier alpha value is -4.66. The summed E-state index contributed by atoms with van der Waals surface area (Å²) in [5, 5.41) is 9.34. The van der Waals surface area contributed by atoms with Gasteiger partial charge < -0.3 is 11.5 Å². The number of nitrogens with two attached hydrogens (primary N) is 2. The average molecular weight is 480 g/mol. The van der Waals surface area contributed by atoms with Gasteiger partial charge in [-0.15, -0.1) is 0 Å². The van der Waals surface area contributed by atoms with Crippen molar-refractivity contribution < 1.29 is 13.2 Å². The minimum absolute atomic E-state index is 0.0349. The van der Waals surface area contributed by atoms with Crippen molar-refractivity contribution in [3.8, 4) is 11.8 Å². The van der Waals surface area contributed by atoms with Gasteiger partial charge in [-0.2, -0.15) is 15.2 Å². The van der Waals surface area contributed by atoms with Crippen LogP contribution in [0.1, 0.15) is 24.5 Å². The summed E-state index contributed by atoms with van der Waals surface area (Å²) < 4.78 is 44.0. The Morgan fingerprint density at radius 3 is 2.40 bits per heavy atom. The molecule has 12 heteroatoms. The maximum atomic E-state index is 14.8. The predicted octanol–water partition coefficient (Wildman–Crippen LogP) is 3.49. The first-order chi connectivity index (χ1) is 16.7. The molecule has 0 atom stereocenters. The van der Waals surface area contributed by atoms with Gasteiger partial charge in [0.1, 0.15) is 40.3 Å². The third kappa shape index (κ3) is 4.08. The van der Waals surface area contributed by atoms with Crippen molar-refractivity contribution in [1.29, 1.82) is 5.26 Å². The van der Waals surface area contributed by atoms with Gasteiger partial charge in [0.15, 0.2) is 5.82 Å². The fraction of sp³-hybridized carbons (Fsp3) is 0.174. The highest BCUT2D eigenvalue weighted by Gasteiger charge is 2.26. The first-order valence-electron chi connectivity index (χ1n) is 10.4. The standard InChI is InChI=1S/C23H19F3N8O/c1-3-6-33(20-15(10-27)19(28)31-22(29)32-20)23-30-18-11(2)4-5-16(26)17(18)21(35)34(23)14-8-12(24)7-13(25)9-14/h4-5,7-9H,3,6H2,1-2H3,(H4,28,29,31,32). The zero-order chi connectivity index (χ0) is 25.4. The van der Waals surface area contributed by atoms with Crippen LogP contribution < -0.4 is 21.9 Å². The number of nitrogens with zero attached hydrogens (tertiary/aromatic N) is 6. The molecule has 9 nitrogen and oxygen atoms in total. The van der Waals surface area contributed by atoms with Crippen molar-refractivity contribution in [3.05, 3.63) is 69.3 Å². The van der Waals surface area contributed by atoms with Crippen LogP contribution in [0.3, 0.4) is 0 Å². The first-order valence-corrected chi connectivity index (χ1v) is 10.4. The summed E-state index contributed by atoms with van der Waals surface area (Å²) >= 11 is 0. The minimum Gasteiger partial charge on any atom is -0.382 e. The van der Waals surface area contributed by atoms with Gasteiger partial charge in [0.05, 0.1) is 11.2 Å². The van der Waals surface area contributed by atoms with Crippen molar-refractivity contribution >= 4 is 34.4 Å². The number of halogens is 3. The zero-order valence-corrected chi connectivity index (χ0v) is 18.7. The van der Waals surface area contributed by atoms with Crippen LogP contribution in [-0.4, -0.2) is 26.1 Å². The molecule has 0 saturated heterocycles. The van der Waals surface area contributed by atoms with E-state index in [1.54, 1.807) is 6.92 Å². The van der Waals surface area contributed by atoms with Crippen molar-refractivity contribution in [3.63, 3.8) is 0 Å². The predicted molar refractivity (Wildman–Crippen MR) is 125 cm³/mol. The molecular formula is C23H19F3N8O. The highest BCUT2D eigenvalue weighted by Crippen LogP contribution is 2.31. The highest BCUT2D eigenvalue weighted by molar-refractivity contribution is 5.84. The lowest BCUT2D eigenvalue weighted by molar-refractivity contribution is 0.581. The number of hydrogen-bond donors (Lipinski definition) is 2. The molecule has 0 aliphatic heterocycles. The van der Waals surface area contributed by atoms with Crippen molar-refractivity contribution in [2.24, 2.45) is 0 Å². The number of anilines is 4. The van der Waals surface area contributed by atoms with Crippen LogP contribution in [-0.2, 0) is 0 Å². The Morgan fingerprint density at radius 2 is 1.77 bits per heavy atom. The molecule has 0 bridgehead atoms. The molecule has 178 valence electrons. The van der Waals surface area contributed by atoms with Crippen LogP contribution in [0.25, 0.3) is 16.6 Å². The van der Waals surface area contributed by atoms with E-state index in [1.165, 1.54) is 11.0 Å². The van der Waals surface area contributed by atoms with E-state index in [9.17, 15) is 23.2 Å². The number of benzene rings is 2. The summed E-state index contributed by atoms with van der Waals surface area (Å²) in [5.41, 5.74) is 10.9. The van der Waals surface area contributed by atoms with Crippen LogP contribution in [0, 0.1) is 35.7 Å². The molecule has 0 unspecified atom stereocenters. The van der Waals surface area contributed by atoms with Gasteiger partial charge in [0.25, 0.3) is 5.56 Å². The Balaban J connectivity index is 2.20. The van der Waals surface area contributed by atoms with Crippen molar-refractivity contribution in [1.82, 2.24) is 19.5 Å². The van der Waals surface area contributed by atoms with E-state index in [0.717, 1.165) is 22.8 Å².